The first kappa shape index (κ1) is 22.9. The van der Waals surface area contributed by atoms with E-state index in [1.54, 1.807) is 0 Å². The van der Waals surface area contributed by atoms with E-state index in [9.17, 15) is 4.79 Å². The van der Waals surface area contributed by atoms with Gasteiger partial charge in [0.25, 0.3) is 0 Å². The summed E-state index contributed by atoms with van der Waals surface area (Å²) in [7, 11) is -1.31. The van der Waals surface area contributed by atoms with Crippen LogP contribution in [0, 0.1) is 11.3 Å². The van der Waals surface area contributed by atoms with Gasteiger partial charge in [0.05, 0.1) is 16.0 Å². The van der Waals surface area contributed by atoms with Crippen molar-refractivity contribution in [1.82, 2.24) is 4.57 Å². The molecule has 1 aliphatic heterocycles. The molecule has 0 spiro atoms. The lowest BCUT2D eigenvalue weighted by Gasteiger charge is -2.56. The van der Waals surface area contributed by atoms with Gasteiger partial charge in [0.15, 0.2) is 0 Å². The normalized spacial score (nSPS) is 19.2. The van der Waals surface area contributed by atoms with Gasteiger partial charge in [-0.25, -0.2) is 0 Å². The lowest BCUT2D eigenvalue weighted by molar-refractivity contribution is -0.148. The third-order valence-electron chi connectivity index (χ3n) is 6.41. The Morgan fingerprint density at radius 2 is 1.09 bits per heavy atom. The molecule has 1 amide bonds. The quantitative estimate of drug-likeness (QED) is 0.237. The number of amides is 1. The number of carbonyl (C=O) groups excluding carboxylic acids is 1. The number of benzene rings is 3. The van der Waals surface area contributed by atoms with Crippen molar-refractivity contribution in [3.63, 3.8) is 0 Å². The Bertz CT molecular complexity index is 950. The maximum absolute atomic E-state index is 13.3. The molecule has 4 heteroatoms. The van der Waals surface area contributed by atoms with Crippen LogP contribution in [0.4, 0.5) is 0 Å². The highest BCUT2D eigenvalue weighted by molar-refractivity contribution is 8.01. The van der Waals surface area contributed by atoms with Gasteiger partial charge in [-0.3, -0.25) is 4.79 Å². The molecule has 1 saturated heterocycles. The van der Waals surface area contributed by atoms with Crippen LogP contribution < -0.4 is 0 Å². The molecular formula is C28H33NOSSi. The number of nitrogens with zero attached hydrogens (tertiary/aromatic N) is 1. The van der Waals surface area contributed by atoms with Crippen molar-refractivity contribution < 1.29 is 4.79 Å². The van der Waals surface area contributed by atoms with Gasteiger partial charge in [0.1, 0.15) is 8.96 Å². The van der Waals surface area contributed by atoms with Crippen LogP contribution in [0.15, 0.2) is 91.0 Å². The number of rotatable bonds is 6. The Labute approximate surface area is 198 Å². The van der Waals surface area contributed by atoms with E-state index in [0.717, 1.165) is 0 Å². The third kappa shape index (κ3) is 3.95. The van der Waals surface area contributed by atoms with Crippen LogP contribution in [0.1, 0.15) is 37.5 Å². The van der Waals surface area contributed by atoms with E-state index in [0.29, 0.717) is 5.91 Å². The molecule has 32 heavy (non-hydrogen) atoms. The molecule has 0 aromatic heterocycles. The zero-order valence-corrected chi connectivity index (χ0v) is 21.6. The zero-order chi connectivity index (χ0) is 22.9. The van der Waals surface area contributed by atoms with E-state index in [-0.39, 0.29) is 16.7 Å². The maximum Gasteiger partial charge on any atom is 0.221 e. The van der Waals surface area contributed by atoms with Gasteiger partial charge in [0, 0.05) is 0 Å². The molecule has 4 rings (SSSR count). The minimum absolute atomic E-state index is 0.0120. The Morgan fingerprint density at radius 3 is 1.41 bits per heavy atom. The van der Waals surface area contributed by atoms with Gasteiger partial charge >= 0.3 is 0 Å². The molecule has 166 valence electrons. The molecule has 0 bridgehead atoms. The van der Waals surface area contributed by atoms with Crippen LogP contribution >= 0.6 is 11.8 Å². The standard InChI is InChI=1S/C28H33NOSSi/c1-27(2,3)24-25(30)29(32(4)5)26(24)31-28(21-15-9-6-10-16-21,22-17-11-7-12-18-22)23-19-13-8-14-20-23/h6-20,24,26,32H,1-5H3. The number of β-lactam (4-membered cyclic amide) rings is 1. The fraction of sp³-hybridized carbons (Fsp3) is 0.321. The summed E-state index contributed by atoms with van der Waals surface area (Å²) in [6.45, 7) is 11.1. The van der Waals surface area contributed by atoms with E-state index < -0.39 is 13.7 Å². The van der Waals surface area contributed by atoms with E-state index in [1.165, 1.54) is 16.7 Å². The minimum Gasteiger partial charge on any atom is -0.360 e. The fourth-order valence-corrected chi connectivity index (χ4v) is 9.26. The Kier molecular flexibility index (Phi) is 6.37. The smallest absolute Gasteiger partial charge is 0.221 e. The third-order valence-corrected chi connectivity index (χ3v) is 10.1. The topological polar surface area (TPSA) is 20.3 Å². The van der Waals surface area contributed by atoms with Gasteiger partial charge in [-0.1, -0.05) is 125 Å². The van der Waals surface area contributed by atoms with Crippen molar-refractivity contribution in [2.45, 2.75) is 44.0 Å². The molecule has 1 fully saturated rings. The first-order valence-corrected chi connectivity index (χ1v) is 15.1. The van der Waals surface area contributed by atoms with Gasteiger partial charge in [-0.15, -0.1) is 11.8 Å². The number of hydrogen-bond donors (Lipinski definition) is 0. The van der Waals surface area contributed by atoms with Crippen molar-refractivity contribution in [1.29, 1.82) is 0 Å². The Balaban J connectivity index is 1.95. The summed E-state index contributed by atoms with van der Waals surface area (Å²) in [6.07, 6.45) is 0. The van der Waals surface area contributed by atoms with Crippen LogP contribution in [0.5, 0.6) is 0 Å². The fourth-order valence-electron chi connectivity index (χ4n) is 4.86. The van der Waals surface area contributed by atoms with Gasteiger partial charge in [-0.2, -0.15) is 0 Å². The van der Waals surface area contributed by atoms with E-state index >= 15 is 0 Å². The molecule has 2 nitrogen and oxygen atoms in total. The number of hydrogen-bond acceptors (Lipinski definition) is 2. The molecular weight excluding hydrogens is 426 g/mol. The molecule has 1 aliphatic rings. The lowest BCUT2D eigenvalue weighted by atomic mass is 9.76. The van der Waals surface area contributed by atoms with E-state index in [2.05, 4.69) is 129 Å². The minimum atomic E-state index is -1.31. The van der Waals surface area contributed by atoms with Crippen LogP contribution in [0.2, 0.25) is 13.1 Å². The van der Waals surface area contributed by atoms with Crippen LogP contribution in [-0.4, -0.2) is 24.8 Å². The zero-order valence-electron chi connectivity index (χ0n) is 19.7. The van der Waals surface area contributed by atoms with Gasteiger partial charge in [-0.05, 0) is 22.1 Å². The predicted molar refractivity (Wildman–Crippen MR) is 139 cm³/mol. The monoisotopic (exact) mass is 459 g/mol. The molecule has 2 atom stereocenters. The van der Waals surface area contributed by atoms with Crippen molar-refractivity contribution in [2.75, 3.05) is 0 Å². The lowest BCUT2D eigenvalue weighted by Crippen LogP contribution is -2.67. The second-order valence-corrected chi connectivity index (χ2v) is 14.0. The number of thioether (sulfide) groups is 1. The summed E-state index contributed by atoms with van der Waals surface area (Å²) in [5.41, 5.74) is 3.67. The maximum atomic E-state index is 13.3. The Morgan fingerprint density at radius 1 is 0.719 bits per heavy atom. The van der Waals surface area contributed by atoms with Crippen LogP contribution in [0.3, 0.4) is 0 Å². The van der Waals surface area contributed by atoms with Gasteiger partial charge < -0.3 is 4.57 Å². The summed E-state index contributed by atoms with van der Waals surface area (Å²) >= 11 is 1.95. The van der Waals surface area contributed by atoms with Gasteiger partial charge in [0.2, 0.25) is 5.91 Å². The van der Waals surface area contributed by atoms with Crippen molar-refractivity contribution in [3.8, 4) is 0 Å². The van der Waals surface area contributed by atoms with Crippen molar-refractivity contribution in [2.24, 2.45) is 11.3 Å². The highest BCUT2D eigenvalue weighted by Crippen LogP contribution is 2.57. The predicted octanol–water partition coefficient (Wildman–Crippen LogP) is 6.53. The molecule has 0 N–H and O–H groups in total. The van der Waals surface area contributed by atoms with Crippen molar-refractivity contribution in [3.05, 3.63) is 108 Å². The molecule has 3 aromatic rings. The van der Waals surface area contributed by atoms with E-state index in [4.69, 9.17) is 0 Å². The first-order chi connectivity index (χ1) is 15.3. The first-order valence-electron chi connectivity index (χ1n) is 11.4. The second-order valence-electron chi connectivity index (χ2n) is 9.97. The molecule has 3 aromatic carbocycles. The molecule has 0 radical (unpaired) electrons. The highest BCUT2D eigenvalue weighted by atomic mass is 32.2. The summed E-state index contributed by atoms with van der Waals surface area (Å²) in [5, 5.41) is 0.148. The summed E-state index contributed by atoms with van der Waals surface area (Å²) in [6, 6.07) is 32.4. The van der Waals surface area contributed by atoms with Crippen molar-refractivity contribution >= 4 is 26.6 Å². The molecule has 0 saturated carbocycles. The van der Waals surface area contributed by atoms with Crippen LogP contribution in [-0.2, 0) is 9.54 Å². The average molecular weight is 460 g/mol. The molecule has 0 aliphatic carbocycles. The molecule has 2 unspecified atom stereocenters. The average Bonchev–Trinajstić information content (AvgIpc) is 2.77. The summed E-state index contributed by atoms with van der Waals surface area (Å²) in [5.74, 6) is 0.345. The summed E-state index contributed by atoms with van der Waals surface area (Å²) < 4.78 is 1.82. The SMILES string of the molecule is C[SiH](C)N1C(=O)C(C(C)(C)C)C1SC(c1ccccc1)(c1ccccc1)c1ccccc1. The highest BCUT2D eigenvalue weighted by Gasteiger charge is 2.56. The molecule has 1 heterocycles. The Hall–Kier alpha value is -2.30. The second kappa shape index (κ2) is 8.91. The number of carbonyl (C=O) groups is 1. The van der Waals surface area contributed by atoms with Crippen LogP contribution in [0.25, 0.3) is 0 Å². The summed E-state index contributed by atoms with van der Waals surface area (Å²) in [4.78, 5) is 13.3. The van der Waals surface area contributed by atoms with E-state index in [1.807, 2.05) is 11.8 Å². The largest absolute Gasteiger partial charge is 0.360 e.